The number of ether oxygens (including phenoxy) is 2. The van der Waals surface area contributed by atoms with Gasteiger partial charge in [0.2, 0.25) is 18.6 Å². The van der Waals surface area contributed by atoms with Gasteiger partial charge in [-0.25, -0.2) is 9.07 Å². The summed E-state index contributed by atoms with van der Waals surface area (Å²) < 4.78 is 26.4. The summed E-state index contributed by atoms with van der Waals surface area (Å²) in [5.41, 5.74) is 2.13. The molecule has 0 bridgehead atoms. The Morgan fingerprint density at radius 2 is 1.82 bits per heavy atom. The summed E-state index contributed by atoms with van der Waals surface area (Å²) in [7, 11) is 0. The number of para-hydroxylation sites is 1. The summed E-state index contributed by atoms with van der Waals surface area (Å²) in [5, 5.41) is 10.8. The lowest BCUT2D eigenvalue weighted by atomic mass is 10.2. The van der Waals surface area contributed by atoms with Crippen molar-refractivity contribution in [2.75, 3.05) is 18.7 Å². The molecule has 9 nitrogen and oxygen atoms in total. The van der Waals surface area contributed by atoms with Crippen molar-refractivity contribution in [2.24, 2.45) is 0 Å². The Balaban J connectivity index is 1.34. The zero-order chi connectivity index (χ0) is 23.5. The maximum absolute atomic E-state index is 14.3. The first kappa shape index (κ1) is 21.4. The monoisotopic (exact) mass is 461 g/mol. The normalized spacial score (nSPS) is 12.0. The number of hydrogen-bond donors (Lipinski definition) is 1. The van der Waals surface area contributed by atoms with Crippen LogP contribution in [0, 0.1) is 5.82 Å². The van der Waals surface area contributed by atoms with Gasteiger partial charge in [0.25, 0.3) is 0 Å². The number of anilines is 1. The molecule has 1 N–H and O–H groups in total. The molecule has 0 fully saturated rings. The van der Waals surface area contributed by atoms with Crippen molar-refractivity contribution in [3.05, 3.63) is 78.1 Å². The summed E-state index contributed by atoms with van der Waals surface area (Å²) in [5.74, 6) is -0.181. The van der Waals surface area contributed by atoms with E-state index >= 15 is 0 Å². The molecule has 172 valence electrons. The van der Waals surface area contributed by atoms with Gasteiger partial charge in [0.15, 0.2) is 11.5 Å². The maximum atomic E-state index is 14.3. The van der Waals surface area contributed by atoms with Crippen LogP contribution in [-0.4, -0.2) is 45.0 Å². The van der Waals surface area contributed by atoms with Crippen molar-refractivity contribution in [3.8, 4) is 11.5 Å². The lowest BCUT2D eigenvalue weighted by molar-refractivity contribution is -0.136. The van der Waals surface area contributed by atoms with Crippen LogP contribution in [0.5, 0.6) is 11.5 Å². The number of benzene rings is 3. The Hall–Kier alpha value is -4.47. The largest absolute Gasteiger partial charge is 0.454 e. The molecule has 5 rings (SSSR count). The van der Waals surface area contributed by atoms with Crippen LogP contribution in [0.15, 0.2) is 66.7 Å². The third-order valence-electron chi connectivity index (χ3n) is 5.37. The second-order valence-electron chi connectivity index (χ2n) is 7.69. The van der Waals surface area contributed by atoms with Crippen molar-refractivity contribution in [1.82, 2.24) is 19.9 Å². The number of carbonyl (C=O) groups is 2. The third kappa shape index (κ3) is 4.51. The molecule has 1 aromatic heterocycles. The van der Waals surface area contributed by atoms with Crippen LogP contribution in [0.4, 0.5) is 10.1 Å². The molecule has 0 saturated carbocycles. The standard InChI is InChI=1S/C24H20FN5O4/c25-18-6-2-1-5-16(18)12-29(24(32)14-30-20-8-4-3-7-19(20)27-28-30)13-23(31)26-17-9-10-21-22(11-17)34-15-33-21/h1-11H,12-15H2,(H,26,31). The average Bonchev–Trinajstić information content (AvgIpc) is 3.47. The first-order valence-corrected chi connectivity index (χ1v) is 10.6. The molecule has 34 heavy (non-hydrogen) atoms. The highest BCUT2D eigenvalue weighted by Crippen LogP contribution is 2.34. The second-order valence-corrected chi connectivity index (χ2v) is 7.69. The smallest absolute Gasteiger partial charge is 0.245 e. The average molecular weight is 461 g/mol. The third-order valence-corrected chi connectivity index (χ3v) is 5.37. The van der Waals surface area contributed by atoms with E-state index in [0.29, 0.717) is 33.8 Å². The zero-order valence-electron chi connectivity index (χ0n) is 18.0. The van der Waals surface area contributed by atoms with E-state index in [0.717, 1.165) is 0 Å². The molecule has 0 aliphatic carbocycles. The lowest BCUT2D eigenvalue weighted by Crippen LogP contribution is -2.39. The fourth-order valence-electron chi connectivity index (χ4n) is 3.67. The Kier molecular flexibility index (Phi) is 5.77. The number of rotatable bonds is 7. The van der Waals surface area contributed by atoms with Gasteiger partial charge in [0.1, 0.15) is 24.4 Å². The zero-order valence-corrected chi connectivity index (χ0v) is 18.0. The number of hydrogen-bond acceptors (Lipinski definition) is 6. The van der Waals surface area contributed by atoms with E-state index in [-0.39, 0.29) is 26.4 Å². The molecule has 3 aromatic carbocycles. The summed E-state index contributed by atoms with van der Waals surface area (Å²) in [6.07, 6.45) is 0. The first-order valence-electron chi connectivity index (χ1n) is 10.6. The van der Waals surface area contributed by atoms with Gasteiger partial charge in [0.05, 0.1) is 5.52 Å². The van der Waals surface area contributed by atoms with E-state index in [2.05, 4.69) is 15.6 Å². The topological polar surface area (TPSA) is 98.6 Å². The Morgan fingerprint density at radius 1 is 1.03 bits per heavy atom. The van der Waals surface area contributed by atoms with E-state index in [4.69, 9.17) is 9.47 Å². The van der Waals surface area contributed by atoms with Gasteiger partial charge in [-0.15, -0.1) is 5.10 Å². The molecule has 0 unspecified atom stereocenters. The molecular weight excluding hydrogens is 441 g/mol. The van der Waals surface area contributed by atoms with Crippen LogP contribution in [-0.2, 0) is 22.7 Å². The summed E-state index contributed by atoms with van der Waals surface area (Å²) >= 11 is 0. The van der Waals surface area contributed by atoms with Gasteiger partial charge in [-0.05, 0) is 30.3 Å². The van der Waals surface area contributed by atoms with Crippen LogP contribution in [0.25, 0.3) is 11.0 Å². The van der Waals surface area contributed by atoms with Gasteiger partial charge in [-0.3, -0.25) is 9.59 Å². The van der Waals surface area contributed by atoms with E-state index < -0.39 is 17.6 Å². The summed E-state index contributed by atoms with van der Waals surface area (Å²) in [6, 6.07) is 18.4. The molecule has 1 aliphatic heterocycles. The van der Waals surface area contributed by atoms with Gasteiger partial charge in [0, 0.05) is 23.9 Å². The minimum absolute atomic E-state index is 0.0767. The molecule has 2 heterocycles. The number of nitrogens with zero attached hydrogens (tertiary/aromatic N) is 4. The summed E-state index contributed by atoms with van der Waals surface area (Å²) in [4.78, 5) is 27.3. The highest BCUT2D eigenvalue weighted by molar-refractivity contribution is 5.95. The number of fused-ring (bicyclic) bond motifs is 2. The molecule has 0 spiro atoms. The predicted octanol–water partition coefficient (Wildman–Crippen LogP) is 2.97. The van der Waals surface area contributed by atoms with Crippen LogP contribution >= 0.6 is 0 Å². The predicted molar refractivity (Wildman–Crippen MR) is 121 cm³/mol. The Morgan fingerprint density at radius 3 is 2.71 bits per heavy atom. The fraction of sp³-hybridized carbons (Fsp3) is 0.167. The van der Waals surface area contributed by atoms with Crippen LogP contribution < -0.4 is 14.8 Å². The minimum atomic E-state index is -0.456. The SMILES string of the molecule is O=C(CN(Cc1ccccc1F)C(=O)Cn1nnc2ccccc21)Nc1ccc2c(c1)OCO2. The van der Waals surface area contributed by atoms with Crippen molar-refractivity contribution in [1.29, 1.82) is 0 Å². The van der Waals surface area contributed by atoms with E-state index in [1.54, 1.807) is 48.5 Å². The number of nitrogens with one attached hydrogen (secondary N) is 1. The van der Waals surface area contributed by atoms with Crippen molar-refractivity contribution in [3.63, 3.8) is 0 Å². The molecule has 0 radical (unpaired) electrons. The highest BCUT2D eigenvalue weighted by Gasteiger charge is 2.21. The van der Waals surface area contributed by atoms with Gasteiger partial charge in [-0.1, -0.05) is 35.5 Å². The van der Waals surface area contributed by atoms with Gasteiger partial charge < -0.3 is 19.7 Å². The molecule has 2 amide bonds. The molecular formula is C24H20FN5O4. The van der Waals surface area contributed by atoms with Crippen LogP contribution in [0.1, 0.15) is 5.56 Å². The van der Waals surface area contributed by atoms with Gasteiger partial charge in [-0.2, -0.15) is 0 Å². The number of carbonyl (C=O) groups excluding carboxylic acids is 2. The number of aromatic nitrogens is 3. The molecule has 0 atom stereocenters. The number of halogens is 1. The van der Waals surface area contributed by atoms with Crippen molar-refractivity contribution < 1.29 is 23.5 Å². The molecule has 1 aliphatic rings. The first-order chi connectivity index (χ1) is 16.6. The maximum Gasteiger partial charge on any atom is 0.245 e. The number of amides is 2. The van der Waals surface area contributed by atoms with E-state index in [1.165, 1.54) is 15.6 Å². The molecule has 10 heteroatoms. The van der Waals surface area contributed by atoms with E-state index in [9.17, 15) is 14.0 Å². The molecule has 4 aromatic rings. The van der Waals surface area contributed by atoms with Crippen molar-refractivity contribution >= 4 is 28.5 Å². The molecule has 0 saturated heterocycles. The highest BCUT2D eigenvalue weighted by atomic mass is 19.1. The minimum Gasteiger partial charge on any atom is -0.454 e. The summed E-state index contributed by atoms with van der Waals surface area (Å²) in [6.45, 7) is -0.387. The Labute approximate surface area is 193 Å². The van der Waals surface area contributed by atoms with Crippen molar-refractivity contribution in [2.45, 2.75) is 13.1 Å². The lowest BCUT2D eigenvalue weighted by Gasteiger charge is -2.23. The quantitative estimate of drug-likeness (QED) is 0.454. The Bertz CT molecular complexity index is 1370. The second kappa shape index (κ2) is 9.18. The van der Waals surface area contributed by atoms with Crippen LogP contribution in [0.2, 0.25) is 0 Å². The van der Waals surface area contributed by atoms with Crippen LogP contribution in [0.3, 0.4) is 0 Å². The van der Waals surface area contributed by atoms with E-state index in [1.807, 2.05) is 12.1 Å². The van der Waals surface area contributed by atoms with Gasteiger partial charge >= 0.3 is 0 Å². The fourth-order valence-corrected chi connectivity index (χ4v) is 3.67.